The zero-order valence-electron chi connectivity index (χ0n) is 10.6. The van der Waals surface area contributed by atoms with Crippen molar-refractivity contribution in [2.75, 3.05) is 18.4 Å². The number of hydrogen-bond donors (Lipinski definition) is 1. The minimum absolute atomic E-state index is 0.132. The molecular formula is C14H16FN3O. The summed E-state index contributed by atoms with van der Waals surface area (Å²) in [5, 5.41) is 11.6. The number of rotatable bonds is 3. The normalized spacial score (nSPS) is 19.7. The number of piperidine rings is 1. The van der Waals surface area contributed by atoms with Crippen molar-refractivity contribution in [2.45, 2.75) is 25.3 Å². The number of hydrogen-bond acceptors (Lipinski definition) is 3. The van der Waals surface area contributed by atoms with Crippen molar-refractivity contribution in [3.05, 3.63) is 30.1 Å². The number of likely N-dealkylation sites (tertiary alicyclic amines) is 1. The summed E-state index contributed by atoms with van der Waals surface area (Å²) < 4.78 is 13.4. The highest BCUT2D eigenvalue weighted by atomic mass is 19.1. The van der Waals surface area contributed by atoms with E-state index >= 15 is 0 Å². The van der Waals surface area contributed by atoms with Crippen LogP contribution >= 0.6 is 0 Å². The second-order valence-corrected chi connectivity index (χ2v) is 4.64. The number of nitriles is 1. The van der Waals surface area contributed by atoms with Crippen molar-refractivity contribution in [1.82, 2.24) is 4.90 Å². The molecule has 1 amide bonds. The van der Waals surface area contributed by atoms with Crippen molar-refractivity contribution in [3.8, 4) is 6.07 Å². The molecule has 1 aliphatic rings. The molecule has 100 valence electrons. The first-order chi connectivity index (χ1) is 9.20. The number of para-hydroxylation sites is 1. The number of anilines is 1. The van der Waals surface area contributed by atoms with Gasteiger partial charge in [0, 0.05) is 0 Å². The Bertz CT molecular complexity index is 498. The number of carbonyl (C=O) groups is 1. The average molecular weight is 261 g/mol. The first-order valence-corrected chi connectivity index (χ1v) is 6.39. The van der Waals surface area contributed by atoms with E-state index in [1.54, 1.807) is 12.1 Å². The molecule has 0 aromatic heterocycles. The third kappa shape index (κ3) is 3.52. The summed E-state index contributed by atoms with van der Waals surface area (Å²) >= 11 is 0. The van der Waals surface area contributed by atoms with Crippen LogP contribution in [0.25, 0.3) is 0 Å². The Labute approximate surface area is 111 Å². The highest BCUT2D eigenvalue weighted by Crippen LogP contribution is 2.17. The predicted molar refractivity (Wildman–Crippen MR) is 69.9 cm³/mol. The molecule has 0 saturated carbocycles. The minimum Gasteiger partial charge on any atom is -0.322 e. The summed E-state index contributed by atoms with van der Waals surface area (Å²) in [6, 6.07) is 8.05. The Kier molecular flexibility index (Phi) is 4.48. The van der Waals surface area contributed by atoms with E-state index in [4.69, 9.17) is 5.26 Å². The van der Waals surface area contributed by atoms with Gasteiger partial charge in [-0.15, -0.1) is 0 Å². The fourth-order valence-corrected chi connectivity index (χ4v) is 2.26. The van der Waals surface area contributed by atoms with Gasteiger partial charge in [-0.3, -0.25) is 9.69 Å². The van der Waals surface area contributed by atoms with Gasteiger partial charge in [-0.05, 0) is 37.9 Å². The predicted octanol–water partition coefficient (Wildman–Crippen LogP) is 2.14. The maximum Gasteiger partial charge on any atom is 0.238 e. The molecule has 1 aromatic carbocycles. The van der Waals surface area contributed by atoms with Gasteiger partial charge in [0.25, 0.3) is 0 Å². The van der Waals surface area contributed by atoms with Gasteiger partial charge in [-0.2, -0.15) is 5.26 Å². The van der Waals surface area contributed by atoms with Crippen LogP contribution in [0.15, 0.2) is 24.3 Å². The van der Waals surface area contributed by atoms with Gasteiger partial charge < -0.3 is 5.32 Å². The van der Waals surface area contributed by atoms with Gasteiger partial charge in [0.05, 0.1) is 24.3 Å². The second-order valence-electron chi connectivity index (χ2n) is 4.64. The molecule has 1 atom stereocenters. The molecule has 2 rings (SSSR count). The lowest BCUT2D eigenvalue weighted by Crippen LogP contribution is -2.43. The van der Waals surface area contributed by atoms with Crippen molar-refractivity contribution >= 4 is 11.6 Å². The van der Waals surface area contributed by atoms with E-state index in [9.17, 15) is 9.18 Å². The third-order valence-electron chi connectivity index (χ3n) is 3.26. The minimum atomic E-state index is -0.452. The highest BCUT2D eigenvalue weighted by molar-refractivity contribution is 5.92. The Hall–Kier alpha value is -1.93. The molecule has 0 radical (unpaired) electrons. The first kappa shape index (κ1) is 13.5. The summed E-state index contributed by atoms with van der Waals surface area (Å²) in [4.78, 5) is 13.7. The van der Waals surface area contributed by atoms with Crippen molar-refractivity contribution in [2.24, 2.45) is 0 Å². The third-order valence-corrected chi connectivity index (χ3v) is 3.26. The molecule has 1 N–H and O–H groups in total. The Balaban J connectivity index is 1.94. The van der Waals surface area contributed by atoms with E-state index in [1.165, 1.54) is 12.1 Å². The maximum absolute atomic E-state index is 13.4. The quantitative estimate of drug-likeness (QED) is 0.907. The molecule has 1 aromatic rings. The monoisotopic (exact) mass is 261 g/mol. The zero-order valence-corrected chi connectivity index (χ0v) is 10.6. The van der Waals surface area contributed by atoms with Crippen LogP contribution in [-0.2, 0) is 4.79 Å². The van der Waals surface area contributed by atoms with E-state index in [-0.39, 0.29) is 24.2 Å². The van der Waals surface area contributed by atoms with E-state index in [0.29, 0.717) is 0 Å². The molecule has 1 aliphatic heterocycles. The molecule has 19 heavy (non-hydrogen) atoms. The Morgan fingerprint density at radius 3 is 3.00 bits per heavy atom. The molecule has 0 bridgehead atoms. The Morgan fingerprint density at radius 2 is 2.26 bits per heavy atom. The fourth-order valence-electron chi connectivity index (χ4n) is 2.26. The molecule has 0 spiro atoms. The van der Waals surface area contributed by atoms with Gasteiger partial charge in [0.15, 0.2) is 0 Å². The summed E-state index contributed by atoms with van der Waals surface area (Å²) in [6.45, 7) is 0.871. The van der Waals surface area contributed by atoms with E-state index in [2.05, 4.69) is 11.4 Å². The molecule has 1 fully saturated rings. The average Bonchev–Trinajstić information content (AvgIpc) is 2.42. The number of nitrogens with zero attached hydrogens (tertiary/aromatic N) is 2. The van der Waals surface area contributed by atoms with Crippen LogP contribution in [0.3, 0.4) is 0 Å². The van der Waals surface area contributed by atoms with Crippen LogP contribution in [0, 0.1) is 17.1 Å². The number of halogens is 1. The smallest absolute Gasteiger partial charge is 0.238 e. The molecule has 1 saturated heterocycles. The molecule has 4 nitrogen and oxygen atoms in total. The zero-order chi connectivity index (χ0) is 13.7. The molecular weight excluding hydrogens is 245 g/mol. The highest BCUT2D eigenvalue weighted by Gasteiger charge is 2.24. The van der Waals surface area contributed by atoms with Gasteiger partial charge in [0.2, 0.25) is 5.91 Å². The van der Waals surface area contributed by atoms with Crippen LogP contribution in [-0.4, -0.2) is 29.9 Å². The van der Waals surface area contributed by atoms with Crippen LogP contribution < -0.4 is 5.32 Å². The number of carbonyl (C=O) groups excluding carboxylic acids is 1. The summed E-state index contributed by atoms with van der Waals surface area (Å²) in [6.07, 6.45) is 2.80. The van der Waals surface area contributed by atoms with Gasteiger partial charge in [-0.1, -0.05) is 12.1 Å². The van der Waals surface area contributed by atoms with Gasteiger partial charge >= 0.3 is 0 Å². The topological polar surface area (TPSA) is 56.1 Å². The second kappa shape index (κ2) is 6.30. The lowest BCUT2D eigenvalue weighted by molar-refractivity contribution is -0.117. The molecule has 1 unspecified atom stereocenters. The Morgan fingerprint density at radius 1 is 1.47 bits per heavy atom. The first-order valence-electron chi connectivity index (χ1n) is 6.39. The number of benzene rings is 1. The number of nitrogens with one attached hydrogen (secondary N) is 1. The maximum atomic E-state index is 13.4. The summed E-state index contributed by atoms with van der Waals surface area (Å²) in [5.41, 5.74) is 0.179. The lowest BCUT2D eigenvalue weighted by Gasteiger charge is -2.30. The largest absolute Gasteiger partial charge is 0.322 e. The van der Waals surface area contributed by atoms with Crippen molar-refractivity contribution in [1.29, 1.82) is 5.26 Å². The molecule has 1 heterocycles. The van der Waals surface area contributed by atoms with Crippen LogP contribution in [0.1, 0.15) is 19.3 Å². The van der Waals surface area contributed by atoms with E-state index in [0.717, 1.165) is 25.8 Å². The van der Waals surface area contributed by atoms with E-state index in [1.807, 2.05) is 4.90 Å². The van der Waals surface area contributed by atoms with E-state index < -0.39 is 5.82 Å². The standard InChI is InChI=1S/C14H16FN3O/c15-12-6-1-2-7-13(12)17-14(19)10-18-8-4-3-5-11(18)9-16/h1-2,6-7,11H,3-5,8,10H2,(H,17,19). The van der Waals surface area contributed by atoms with Crippen LogP contribution in [0.5, 0.6) is 0 Å². The summed E-state index contributed by atoms with van der Waals surface area (Å²) in [5.74, 6) is -0.737. The molecule has 0 aliphatic carbocycles. The van der Waals surface area contributed by atoms with Gasteiger partial charge in [0.1, 0.15) is 5.82 Å². The van der Waals surface area contributed by atoms with Gasteiger partial charge in [-0.25, -0.2) is 4.39 Å². The molecule has 5 heteroatoms. The van der Waals surface area contributed by atoms with Crippen molar-refractivity contribution in [3.63, 3.8) is 0 Å². The number of amides is 1. The van der Waals surface area contributed by atoms with Crippen LogP contribution in [0.4, 0.5) is 10.1 Å². The van der Waals surface area contributed by atoms with Crippen LogP contribution in [0.2, 0.25) is 0 Å². The summed E-state index contributed by atoms with van der Waals surface area (Å²) in [7, 11) is 0. The SMILES string of the molecule is N#CC1CCCCN1CC(=O)Nc1ccccc1F. The lowest BCUT2D eigenvalue weighted by atomic mass is 10.0. The van der Waals surface area contributed by atoms with Crippen molar-refractivity contribution < 1.29 is 9.18 Å². The fraction of sp³-hybridized carbons (Fsp3) is 0.429.